The Morgan fingerprint density at radius 2 is 1.18 bits per heavy atom. The summed E-state index contributed by atoms with van der Waals surface area (Å²) in [6, 6.07) is 23.5. The number of halogens is 1. The number of aromatic nitrogens is 2. The first-order valence-corrected chi connectivity index (χ1v) is 18.3. The zero-order valence-electron chi connectivity index (χ0n) is 29.0. The maximum atomic E-state index is 12.2. The molecule has 2 heterocycles. The molecular weight excluding hydrogens is 662 g/mol. The molecule has 51 heavy (non-hydrogen) atoms. The third-order valence-electron chi connectivity index (χ3n) is 9.26. The number of pyridine rings is 2. The lowest BCUT2D eigenvalue weighted by molar-refractivity contribution is 0.0935. The quantitative estimate of drug-likeness (QED) is 0.151. The molecule has 0 unspecified atom stereocenters. The van der Waals surface area contributed by atoms with E-state index in [0.29, 0.717) is 58.3 Å². The van der Waals surface area contributed by atoms with E-state index in [9.17, 15) is 9.59 Å². The van der Waals surface area contributed by atoms with Crippen molar-refractivity contribution in [2.24, 2.45) is 11.8 Å². The molecule has 0 aliphatic heterocycles. The van der Waals surface area contributed by atoms with Crippen LogP contribution in [0.15, 0.2) is 85.2 Å². The Kier molecular flexibility index (Phi) is 14.7. The Balaban J connectivity index is 0.000000198. The third-order valence-corrected chi connectivity index (χ3v) is 9.49. The van der Waals surface area contributed by atoms with Crippen LogP contribution in [0.2, 0.25) is 5.02 Å². The highest BCUT2D eigenvalue weighted by molar-refractivity contribution is 6.30. The van der Waals surface area contributed by atoms with Crippen molar-refractivity contribution in [3.05, 3.63) is 118 Å². The van der Waals surface area contributed by atoms with Crippen LogP contribution in [0.3, 0.4) is 0 Å². The molecule has 2 saturated carbocycles. The summed E-state index contributed by atoms with van der Waals surface area (Å²) >= 11 is 5.93. The number of nitrogens with one attached hydrogen (secondary N) is 2. The van der Waals surface area contributed by atoms with Gasteiger partial charge in [0.2, 0.25) is 0 Å². The van der Waals surface area contributed by atoms with E-state index in [1.54, 1.807) is 67.0 Å². The summed E-state index contributed by atoms with van der Waals surface area (Å²) in [5, 5.41) is 15.6. The van der Waals surface area contributed by atoms with Gasteiger partial charge in [-0.2, -0.15) is 5.26 Å². The molecule has 2 N–H and O–H groups in total. The second-order valence-corrected chi connectivity index (χ2v) is 13.6. The molecular formula is C41H46ClN5O4. The van der Waals surface area contributed by atoms with E-state index < -0.39 is 0 Å². The van der Waals surface area contributed by atoms with Crippen molar-refractivity contribution in [1.29, 1.82) is 5.26 Å². The summed E-state index contributed by atoms with van der Waals surface area (Å²) in [5.41, 5.74) is 3.21. The summed E-state index contributed by atoms with van der Waals surface area (Å²) in [7, 11) is 0. The van der Waals surface area contributed by atoms with Gasteiger partial charge in [-0.15, -0.1) is 0 Å². The largest absolute Gasteiger partial charge is 0.487 e. The van der Waals surface area contributed by atoms with Crippen LogP contribution in [-0.4, -0.2) is 34.9 Å². The second-order valence-electron chi connectivity index (χ2n) is 13.2. The molecule has 0 saturated heterocycles. The zero-order chi connectivity index (χ0) is 35.7. The lowest BCUT2D eigenvalue weighted by Crippen LogP contribution is -2.30. The van der Waals surface area contributed by atoms with Crippen LogP contribution in [0.5, 0.6) is 11.5 Å². The number of carbonyl (C=O) groups excluding carboxylic acids is 2. The summed E-state index contributed by atoms with van der Waals surface area (Å²) in [4.78, 5) is 33.1. The lowest BCUT2D eigenvalue weighted by atomic mass is 9.89. The number of carbonyl (C=O) groups is 2. The molecule has 0 spiro atoms. The first kappa shape index (κ1) is 37.3. The van der Waals surface area contributed by atoms with Crippen molar-refractivity contribution >= 4 is 23.4 Å². The van der Waals surface area contributed by atoms with E-state index in [4.69, 9.17) is 26.3 Å². The van der Waals surface area contributed by atoms with Crippen LogP contribution in [-0.2, 0) is 13.2 Å². The average molecular weight is 708 g/mol. The number of amides is 2. The Morgan fingerprint density at radius 1 is 0.686 bits per heavy atom. The first-order chi connectivity index (χ1) is 24.9. The topological polar surface area (TPSA) is 126 Å². The summed E-state index contributed by atoms with van der Waals surface area (Å²) < 4.78 is 11.3. The molecule has 0 radical (unpaired) electrons. The summed E-state index contributed by atoms with van der Waals surface area (Å²) in [5.74, 6) is 2.43. The van der Waals surface area contributed by atoms with Gasteiger partial charge in [-0.1, -0.05) is 62.3 Å². The fourth-order valence-corrected chi connectivity index (χ4v) is 6.46. The van der Waals surface area contributed by atoms with Crippen LogP contribution >= 0.6 is 11.6 Å². The minimum absolute atomic E-state index is 0.0552. The highest BCUT2D eigenvalue weighted by Crippen LogP contribution is 2.24. The maximum Gasteiger partial charge on any atom is 0.252 e. The molecule has 6 rings (SSSR count). The fraction of sp³-hybridized carbons (Fsp3) is 0.390. The van der Waals surface area contributed by atoms with Gasteiger partial charge in [0.05, 0.1) is 34.1 Å². The molecule has 266 valence electrons. The smallest absolute Gasteiger partial charge is 0.252 e. The predicted octanol–water partition coefficient (Wildman–Crippen LogP) is 8.47. The van der Waals surface area contributed by atoms with Crippen molar-refractivity contribution in [3.8, 4) is 17.6 Å². The predicted molar refractivity (Wildman–Crippen MR) is 198 cm³/mol. The van der Waals surface area contributed by atoms with Crippen molar-refractivity contribution < 1.29 is 19.1 Å². The molecule has 2 amide bonds. The summed E-state index contributed by atoms with van der Waals surface area (Å²) in [6.07, 6.45) is 15.8. The van der Waals surface area contributed by atoms with Crippen LogP contribution < -0.4 is 20.1 Å². The summed E-state index contributed by atoms with van der Waals surface area (Å²) in [6.45, 7) is 2.14. The normalized spacial score (nSPS) is 14.7. The fourth-order valence-electron chi connectivity index (χ4n) is 6.28. The Morgan fingerprint density at radius 3 is 1.63 bits per heavy atom. The minimum atomic E-state index is -0.0720. The zero-order valence-corrected chi connectivity index (χ0v) is 29.7. The average Bonchev–Trinajstić information content (AvgIpc) is 3.19. The number of hydrogen-bond donors (Lipinski definition) is 2. The molecule has 0 atom stereocenters. The van der Waals surface area contributed by atoms with Gasteiger partial charge < -0.3 is 20.1 Å². The molecule has 2 aliphatic rings. The van der Waals surface area contributed by atoms with Crippen molar-refractivity contribution in [3.63, 3.8) is 0 Å². The van der Waals surface area contributed by atoms with Gasteiger partial charge in [0.15, 0.2) is 0 Å². The molecule has 2 aromatic heterocycles. The third kappa shape index (κ3) is 12.7. The minimum Gasteiger partial charge on any atom is -0.487 e. The number of nitriles is 1. The van der Waals surface area contributed by atoms with E-state index in [1.807, 2.05) is 18.2 Å². The van der Waals surface area contributed by atoms with Gasteiger partial charge >= 0.3 is 0 Å². The Hall–Kier alpha value is -4.94. The molecule has 2 aliphatic carbocycles. The molecule has 10 heteroatoms. The van der Waals surface area contributed by atoms with Gasteiger partial charge in [-0.25, -0.2) is 0 Å². The van der Waals surface area contributed by atoms with Crippen LogP contribution in [0, 0.1) is 23.2 Å². The number of benzene rings is 2. The highest BCUT2D eigenvalue weighted by Gasteiger charge is 2.16. The molecule has 2 fully saturated rings. The van der Waals surface area contributed by atoms with Gasteiger partial charge in [0, 0.05) is 30.5 Å². The van der Waals surface area contributed by atoms with Crippen molar-refractivity contribution in [2.75, 3.05) is 13.1 Å². The second kappa shape index (κ2) is 20.0. The Labute approximate surface area is 305 Å². The van der Waals surface area contributed by atoms with Gasteiger partial charge in [-0.3, -0.25) is 19.6 Å². The van der Waals surface area contributed by atoms with Gasteiger partial charge in [-0.05, 0) is 98.2 Å². The Bertz CT molecular complexity index is 1730. The number of hydrogen-bond acceptors (Lipinski definition) is 7. The van der Waals surface area contributed by atoms with Crippen LogP contribution in [0.4, 0.5) is 0 Å². The van der Waals surface area contributed by atoms with Crippen LogP contribution in [0.25, 0.3) is 0 Å². The van der Waals surface area contributed by atoms with Crippen molar-refractivity contribution in [1.82, 2.24) is 20.6 Å². The highest BCUT2D eigenvalue weighted by atomic mass is 35.5. The van der Waals surface area contributed by atoms with E-state index in [0.717, 1.165) is 24.5 Å². The number of ether oxygens (including phenoxy) is 2. The van der Waals surface area contributed by atoms with Gasteiger partial charge in [0.1, 0.15) is 24.7 Å². The maximum absolute atomic E-state index is 12.2. The van der Waals surface area contributed by atoms with Gasteiger partial charge in [0.25, 0.3) is 11.8 Å². The molecule has 2 aromatic carbocycles. The standard InChI is InChI=1S/C21H23N3O2.C20H23ClN2O2/c22-12-17-7-4-8-20(11-17)26-15-19-10-9-18(14-23-19)21(25)24-13-16-5-2-1-3-6-16;21-17-7-4-8-19(11-17)25-14-18-10-9-16(13-22-18)20(24)23-12-15-5-2-1-3-6-15/h4,7-11,14,16H,1-3,5-6,13,15H2,(H,24,25);4,7-11,13,15H,1-3,5-6,12,14H2,(H,23,24). The van der Waals surface area contributed by atoms with E-state index in [1.165, 1.54) is 64.2 Å². The molecule has 4 aromatic rings. The lowest BCUT2D eigenvalue weighted by Gasteiger charge is -2.21. The molecule has 9 nitrogen and oxygen atoms in total. The van der Waals surface area contributed by atoms with Crippen molar-refractivity contribution in [2.45, 2.75) is 77.4 Å². The first-order valence-electron chi connectivity index (χ1n) is 17.9. The number of nitrogens with zero attached hydrogens (tertiary/aromatic N) is 3. The monoisotopic (exact) mass is 707 g/mol. The van der Waals surface area contributed by atoms with E-state index >= 15 is 0 Å². The number of rotatable bonds is 12. The van der Waals surface area contributed by atoms with E-state index in [-0.39, 0.29) is 11.8 Å². The van der Waals surface area contributed by atoms with Crippen LogP contribution in [0.1, 0.15) is 102 Å². The molecule has 0 bridgehead atoms. The SMILES string of the molecule is N#Cc1cccc(OCc2ccc(C(=O)NCC3CCCCC3)cn2)c1.O=C(NCC1CCCCC1)c1ccc(COc2cccc(Cl)c2)nc1. The van der Waals surface area contributed by atoms with E-state index in [2.05, 4.69) is 26.7 Å².